The van der Waals surface area contributed by atoms with Gasteiger partial charge in [0, 0.05) is 26.1 Å². The Kier molecular flexibility index (Phi) is 4.60. The van der Waals surface area contributed by atoms with Crippen molar-refractivity contribution in [3.8, 4) is 11.8 Å². The van der Waals surface area contributed by atoms with Crippen LogP contribution >= 0.6 is 0 Å². The fourth-order valence-electron chi connectivity index (χ4n) is 1.87. The van der Waals surface area contributed by atoms with Gasteiger partial charge in [-0.25, -0.2) is 9.59 Å². The summed E-state index contributed by atoms with van der Waals surface area (Å²) < 4.78 is 50.3. The molecule has 1 saturated heterocycles. The average Bonchev–Trinajstić information content (AvgIpc) is 2.43. The van der Waals surface area contributed by atoms with E-state index in [2.05, 4.69) is 10.1 Å². The molecular weight excluding hydrogens is 345 g/mol. The number of anilines is 1. The first-order valence-corrected chi connectivity index (χ1v) is 6.74. The average molecular weight is 356 g/mol. The highest BCUT2D eigenvalue weighted by Gasteiger charge is 2.39. The van der Waals surface area contributed by atoms with E-state index >= 15 is 0 Å². The predicted octanol–water partition coefficient (Wildman–Crippen LogP) is 2.59. The van der Waals surface area contributed by atoms with Gasteiger partial charge in [0.2, 0.25) is 0 Å². The molecule has 0 bridgehead atoms. The smallest absolute Gasteiger partial charge is 0.419 e. The van der Waals surface area contributed by atoms with Gasteiger partial charge in [-0.2, -0.15) is 5.26 Å². The molecule has 132 valence electrons. The summed E-state index contributed by atoms with van der Waals surface area (Å²) in [4.78, 5) is 23.6. The van der Waals surface area contributed by atoms with Crippen LogP contribution in [0.4, 0.5) is 18.9 Å². The fraction of sp³-hybridized carbons (Fsp3) is 0.267. The van der Waals surface area contributed by atoms with Gasteiger partial charge in [-0.1, -0.05) is 0 Å². The van der Waals surface area contributed by atoms with Crippen LogP contribution in [0.15, 0.2) is 30.0 Å². The summed E-state index contributed by atoms with van der Waals surface area (Å²) >= 11 is 0. The molecule has 1 aromatic rings. The van der Waals surface area contributed by atoms with Gasteiger partial charge < -0.3 is 19.5 Å². The van der Waals surface area contributed by atoms with Gasteiger partial charge in [-0.3, -0.25) is 0 Å². The number of nitrogens with zero attached hydrogens (tertiary/aromatic N) is 1. The Hall–Kier alpha value is -3.22. The molecular formula is C15H11F3N2O5. The second-order valence-corrected chi connectivity index (χ2v) is 5.25. The van der Waals surface area contributed by atoms with Crippen molar-refractivity contribution in [1.29, 1.82) is 5.26 Å². The van der Waals surface area contributed by atoms with E-state index in [1.807, 2.05) is 0 Å². The van der Waals surface area contributed by atoms with Crippen molar-refractivity contribution >= 4 is 17.6 Å². The Morgan fingerprint density at radius 2 is 1.84 bits per heavy atom. The van der Waals surface area contributed by atoms with Crippen molar-refractivity contribution in [2.24, 2.45) is 0 Å². The van der Waals surface area contributed by atoms with Crippen LogP contribution in [0.25, 0.3) is 0 Å². The first-order valence-electron chi connectivity index (χ1n) is 6.74. The summed E-state index contributed by atoms with van der Waals surface area (Å²) in [6.45, 7) is 2.72. The molecule has 1 N–H and O–H groups in total. The van der Waals surface area contributed by atoms with Crippen molar-refractivity contribution in [3.05, 3.63) is 35.5 Å². The summed E-state index contributed by atoms with van der Waals surface area (Å²) in [6.07, 6.45) is -4.03. The molecule has 0 atom stereocenters. The van der Waals surface area contributed by atoms with E-state index in [1.165, 1.54) is 13.8 Å². The zero-order chi connectivity index (χ0) is 18.8. The minimum Gasteiger partial charge on any atom is -0.419 e. The third kappa shape index (κ3) is 4.63. The van der Waals surface area contributed by atoms with Crippen LogP contribution in [0.1, 0.15) is 19.4 Å². The normalized spacial score (nSPS) is 16.4. The number of nitrogens with one attached hydrogen (secondary N) is 1. The molecule has 1 aliphatic rings. The van der Waals surface area contributed by atoms with E-state index in [0.29, 0.717) is 0 Å². The van der Waals surface area contributed by atoms with E-state index in [1.54, 1.807) is 6.07 Å². The van der Waals surface area contributed by atoms with Gasteiger partial charge in [0.1, 0.15) is 11.8 Å². The number of hydrogen-bond acceptors (Lipinski definition) is 7. The lowest BCUT2D eigenvalue weighted by molar-refractivity contribution is -0.274. The summed E-state index contributed by atoms with van der Waals surface area (Å²) in [5.74, 6) is -3.96. The summed E-state index contributed by atoms with van der Waals surface area (Å²) in [6, 6.07) is 4.68. The fourth-order valence-corrected chi connectivity index (χ4v) is 1.87. The second-order valence-electron chi connectivity index (χ2n) is 5.25. The number of halogens is 3. The molecule has 0 unspecified atom stereocenters. The van der Waals surface area contributed by atoms with E-state index < -0.39 is 35.4 Å². The predicted molar refractivity (Wildman–Crippen MR) is 75.8 cm³/mol. The molecule has 0 spiro atoms. The Morgan fingerprint density at radius 1 is 1.24 bits per heavy atom. The molecule has 0 radical (unpaired) electrons. The Bertz CT molecular complexity index is 771. The van der Waals surface area contributed by atoms with Crippen LogP contribution < -0.4 is 10.1 Å². The Morgan fingerprint density at radius 3 is 2.36 bits per heavy atom. The molecule has 0 amide bonds. The molecule has 7 nitrogen and oxygen atoms in total. The van der Waals surface area contributed by atoms with Crippen molar-refractivity contribution < 1.29 is 37.0 Å². The van der Waals surface area contributed by atoms with E-state index in [0.717, 1.165) is 24.4 Å². The van der Waals surface area contributed by atoms with Gasteiger partial charge in [0.05, 0.1) is 11.3 Å². The molecule has 2 rings (SSSR count). The van der Waals surface area contributed by atoms with Crippen molar-refractivity contribution in [2.45, 2.75) is 26.0 Å². The van der Waals surface area contributed by atoms with Gasteiger partial charge >= 0.3 is 18.3 Å². The number of alkyl halides is 3. The van der Waals surface area contributed by atoms with Crippen molar-refractivity contribution in [2.75, 3.05) is 5.32 Å². The molecule has 0 saturated carbocycles. The molecule has 0 aromatic heterocycles. The number of nitriles is 1. The van der Waals surface area contributed by atoms with E-state index in [9.17, 15) is 22.8 Å². The van der Waals surface area contributed by atoms with Gasteiger partial charge in [0.15, 0.2) is 5.57 Å². The van der Waals surface area contributed by atoms with Crippen LogP contribution in [-0.4, -0.2) is 24.1 Å². The maximum absolute atomic E-state index is 12.3. The number of carbonyl (C=O) groups excluding carboxylic acids is 2. The molecule has 1 aromatic carbocycles. The Labute approximate surface area is 139 Å². The van der Waals surface area contributed by atoms with Crippen LogP contribution in [0, 0.1) is 11.3 Å². The Balaban J connectivity index is 2.27. The number of hydrogen-bond donors (Lipinski definition) is 1. The maximum Gasteiger partial charge on any atom is 0.573 e. The highest BCUT2D eigenvalue weighted by molar-refractivity contribution is 6.15. The van der Waals surface area contributed by atoms with E-state index in [4.69, 9.17) is 14.7 Å². The van der Waals surface area contributed by atoms with Crippen LogP contribution in [0.5, 0.6) is 5.75 Å². The molecule has 0 aliphatic carbocycles. The third-order valence-corrected chi connectivity index (χ3v) is 2.83. The summed E-state index contributed by atoms with van der Waals surface area (Å²) in [5.41, 5.74) is -0.656. The second kappa shape index (κ2) is 6.35. The van der Waals surface area contributed by atoms with Crippen LogP contribution in [0.3, 0.4) is 0 Å². The standard InChI is InChI=1S/C15H11F3N2O5/c1-14(2)24-12(21)10(13(22)25-14)7-20-11-5-9(23-15(16,17)18)4-3-8(11)6-19/h3-5,7,20H,1-2H3. The lowest BCUT2D eigenvalue weighted by Crippen LogP contribution is -2.42. The lowest BCUT2D eigenvalue weighted by atomic mass is 10.1. The molecule has 1 heterocycles. The number of cyclic esters (lactones) is 2. The van der Waals surface area contributed by atoms with Crippen LogP contribution in [0.2, 0.25) is 0 Å². The monoisotopic (exact) mass is 356 g/mol. The lowest BCUT2D eigenvalue weighted by Gasteiger charge is -2.29. The first kappa shape index (κ1) is 18.1. The highest BCUT2D eigenvalue weighted by Crippen LogP contribution is 2.28. The molecule has 1 aliphatic heterocycles. The first-order chi connectivity index (χ1) is 11.5. The van der Waals surface area contributed by atoms with Gasteiger partial charge in [-0.15, -0.1) is 13.2 Å². The molecule has 1 fully saturated rings. The SMILES string of the molecule is CC1(C)OC(=O)C(=CNc2cc(OC(F)(F)F)ccc2C#N)C(=O)O1. The van der Waals surface area contributed by atoms with Crippen molar-refractivity contribution in [3.63, 3.8) is 0 Å². The minimum absolute atomic E-state index is 0.0377. The quantitative estimate of drug-likeness (QED) is 0.505. The van der Waals surface area contributed by atoms with Gasteiger partial charge in [-0.05, 0) is 12.1 Å². The number of ether oxygens (including phenoxy) is 3. The minimum atomic E-state index is -4.91. The van der Waals surface area contributed by atoms with Crippen molar-refractivity contribution in [1.82, 2.24) is 0 Å². The van der Waals surface area contributed by atoms with Crippen LogP contribution in [-0.2, 0) is 19.1 Å². The maximum atomic E-state index is 12.3. The summed E-state index contributed by atoms with van der Waals surface area (Å²) in [7, 11) is 0. The number of rotatable bonds is 3. The molecule has 25 heavy (non-hydrogen) atoms. The largest absolute Gasteiger partial charge is 0.573 e. The third-order valence-electron chi connectivity index (χ3n) is 2.83. The number of carbonyl (C=O) groups is 2. The van der Waals surface area contributed by atoms with E-state index in [-0.39, 0.29) is 11.3 Å². The topological polar surface area (TPSA) is 97.6 Å². The zero-order valence-electron chi connectivity index (χ0n) is 12.9. The molecule has 10 heteroatoms. The zero-order valence-corrected chi connectivity index (χ0v) is 12.9. The van der Waals surface area contributed by atoms with Gasteiger partial charge in [0.25, 0.3) is 5.79 Å². The number of benzene rings is 1. The number of esters is 2. The highest BCUT2D eigenvalue weighted by atomic mass is 19.4. The summed E-state index contributed by atoms with van der Waals surface area (Å²) in [5, 5.41) is 11.4.